The molecule has 1 atom stereocenters. The van der Waals surface area contributed by atoms with Crippen LogP contribution < -0.4 is 21.3 Å². The Bertz CT molecular complexity index is 1170. The second-order valence-electron chi connectivity index (χ2n) is 7.81. The quantitative estimate of drug-likeness (QED) is 0.243. The fraction of sp³-hybridized carbons (Fsp3) is 0.261. The second-order valence-corrected chi connectivity index (χ2v) is 9.13. The summed E-state index contributed by atoms with van der Waals surface area (Å²) >= 11 is 9.18. The molecule has 7 N–H and O–H groups in total. The number of carbonyl (C=O) groups excluding carboxylic acids is 2. The van der Waals surface area contributed by atoms with E-state index < -0.39 is 36.8 Å². The first-order chi connectivity index (χ1) is 16.6. The van der Waals surface area contributed by atoms with Gasteiger partial charge < -0.3 is 36.6 Å². The number of anilines is 1. The van der Waals surface area contributed by atoms with Gasteiger partial charge in [-0.05, 0) is 43.2 Å². The maximum absolute atomic E-state index is 12.6. The Morgan fingerprint density at radius 3 is 2.60 bits per heavy atom. The normalized spacial score (nSPS) is 13.7. The monoisotopic (exact) mass is 566 g/mol. The number of amides is 2. The summed E-state index contributed by atoms with van der Waals surface area (Å²) in [6.07, 6.45) is 3.37. The Morgan fingerprint density at radius 2 is 1.91 bits per heavy atom. The van der Waals surface area contributed by atoms with Crippen LogP contribution in [0.15, 0.2) is 46.7 Å². The van der Waals surface area contributed by atoms with Gasteiger partial charge in [0.1, 0.15) is 11.5 Å². The molecule has 0 unspecified atom stereocenters. The van der Waals surface area contributed by atoms with Crippen LogP contribution in [0.3, 0.4) is 0 Å². The fourth-order valence-corrected chi connectivity index (χ4v) is 4.32. The number of phenols is 2. The van der Waals surface area contributed by atoms with Gasteiger partial charge in [0.2, 0.25) is 5.91 Å². The van der Waals surface area contributed by atoms with Gasteiger partial charge in [-0.3, -0.25) is 14.4 Å². The lowest BCUT2D eigenvalue weighted by atomic mass is 10.0. The lowest BCUT2D eigenvalue weighted by Crippen LogP contribution is -2.39. The van der Waals surface area contributed by atoms with Gasteiger partial charge in [0.15, 0.2) is 0 Å². The van der Waals surface area contributed by atoms with Gasteiger partial charge in [-0.15, -0.1) is 0 Å². The van der Waals surface area contributed by atoms with Gasteiger partial charge in [-0.2, -0.15) is 0 Å². The summed E-state index contributed by atoms with van der Waals surface area (Å²) < 4.78 is 0.487. The van der Waals surface area contributed by atoms with E-state index in [9.17, 15) is 29.7 Å². The summed E-state index contributed by atoms with van der Waals surface area (Å²) in [5.41, 5.74) is 0.722. The third-order valence-electron chi connectivity index (χ3n) is 5.06. The molecule has 1 heterocycles. The molecular formula is C23H24BrClN4O6. The number of nitrogens with one attached hydrogen (secondary N) is 4. The van der Waals surface area contributed by atoms with Gasteiger partial charge in [-0.1, -0.05) is 27.5 Å². The lowest BCUT2D eigenvalue weighted by molar-refractivity contribution is -0.137. The summed E-state index contributed by atoms with van der Waals surface area (Å²) in [5.74, 6) is -2.23. The molecule has 12 heteroatoms. The van der Waals surface area contributed by atoms with Crippen LogP contribution in [0.2, 0.25) is 5.02 Å². The van der Waals surface area contributed by atoms with E-state index in [1.165, 1.54) is 30.3 Å². The number of carboxylic acids is 1. The molecule has 0 saturated carbocycles. The first-order valence-electron chi connectivity index (χ1n) is 10.6. The van der Waals surface area contributed by atoms with E-state index in [0.29, 0.717) is 10.2 Å². The fourth-order valence-electron chi connectivity index (χ4n) is 3.48. The average molecular weight is 568 g/mol. The highest BCUT2D eigenvalue weighted by Gasteiger charge is 2.23. The van der Waals surface area contributed by atoms with E-state index in [0.717, 1.165) is 25.2 Å². The Kier molecular flexibility index (Phi) is 8.83. The van der Waals surface area contributed by atoms with E-state index in [2.05, 4.69) is 37.2 Å². The highest BCUT2D eigenvalue weighted by atomic mass is 79.9. The molecule has 2 aromatic carbocycles. The average Bonchev–Trinajstić information content (AvgIpc) is 2.79. The lowest BCUT2D eigenvalue weighted by Gasteiger charge is -2.20. The third kappa shape index (κ3) is 7.52. The van der Waals surface area contributed by atoms with Crippen molar-refractivity contribution in [3.05, 3.63) is 62.9 Å². The predicted molar refractivity (Wildman–Crippen MR) is 133 cm³/mol. The summed E-state index contributed by atoms with van der Waals surface area (Å²) in [4.78, 5) is 36.4. The van der Waals surface area contributed by atoms with E-state index in [-0.39, 0.29) is 27.6 Å². The summed E-state index contributed by atoms with van der Waals surface area (Å²) in [7, 11) is 0. The van der Waals surface area contributed by atoms with Crippen molar-refractivity contribution in [3.63, 3.8) is 0 Å². The standard InChI is InChI=1S/C23H24BrClN4O6/c24-13-7-16(22(34)17(25)8-13)18(10-21(32)33)29-20(31)11-27-23(35)12-5-14(9-15(30)6-12)28-19-3-1-2-4-26-19/h3,5-9,18,26,28,30,34H,1-2,4,10-11H2,(H,27,35)(H,29,31)(H,32,33)/t18-/m1/s1. The molecule has 0 aromatic heterocycles. The van der Waals surface area contributed by atoms with Gasteiger partial charge in [-0.25, -0.2) is 0 Å². The molecule has 1 aliphatic rings. The molecule has 0 radical (unpaired) electrons. The Morgan fingerprint density at radius 1 is 1.14 bits per heavy atom. The number of carboxylic acid groups (broad SMARTS) is 1. The highest BCUT2D eigenvalue weighted by molar-refractivity contribution is 9.10. The molecule has 0 bridgehead atoms. The molecular weight excluding hydrogens is 544 g/mol. The molecule has 10 nitrogen and oxygen atoms in total. The zero-order chi connectivity index (χ0) is 25.5. The topological polar surface area (TPSA) is 160 Å². The van der Waals surface area contributed by atoms with Gasteiger partial charge in [0, 0.05) is 33.9 Å². The zero-order valence-corrected chi connectivity index (χ0v) is 20.7. The molecule has 0 saturated heterocycles. The SMILES string of the molecule is O=C(O)C[C@@H](NC(=O)CNC(=O)c1cc(O)cc(NC2=CCCCN2)c1)c1cc(Br)cc(Cl)c1O. The molecule has 0 fully saturated rings. The molecule has 1 aliphatic heterocycles. The number of aromatic hydroxyl groups is 2. The van der Waals surface area contributed by atoms with Crippen LogP contribution in [0.1, 0.15) is 41.2 Å². The van der Waals surface area contributed by atoms with Crippen LogP contribution in [0.5, 0.6) is 11.5 Å². The third-order valence-corrected chi connectivity index (χ3v) is 5.81. The van der Waals surface area contributed by atoms with Crippen LogP contribution in [-0.4, -0.2) is 46.2 Å². The summed E-state index contributed by atoms with van der Waals surface area (Å²) in [6, 6.07) is 6.03. The van der Waals surface area contributed by atoms with Crippen molar-refractivity contribution < 1.29 is 29.7 Å². The maximum Gasteiger partial charge on any atom is 0.305 e. The molecule has 35 heavy (non-hydrogen) atoms. The number of benzene rings is 2. The van der Waals surface area contributed by atoms with E-state index in [1.54, 1.807) is 0 Å². The smallest absolute Gasteiger partial charge is 0.305 e. The number of hydrogen-bond donors (Lipinski definition) is 7. The minimum Gasteiger partial charge on any atom is -0.508 e. The number of hydrogen-bond acceptors (Lipinski definition) is 7. The van der Waals surface area contributed by atoms with Crippen molar-refractivity contribution >= 4 is 51.0 Å². The van der Waals surface area contributed by atoms with E-state index in [1.807, 2.05) is 6.08 Å². The number of halogens is 2. The number of carbonyl (C=O) groups is 3. The molecule has 2 aromatic rings. The van der Waals surface area contributed by atoms with Crippen molar-refractivity contribution in [2.24, 2.45) is 0 Å². The minimum atomic E-state index is -1.21. The van der Waals surface area contributed by atoms with Crippen LogP contribution in [0.4, 0.5) is 5.69 Å². The van der Waals surface area contributed by atoms with Crippen LogP contribution in [0.25, 0.3) is 0 Å². The first kappa shape index (κ1) is 26.2. The molecule has 2 amide bonds. The predicted octanol–water partition coefficient (Wildman–Crippen LogP) is 3.21. The molecule has 186 valence electrons. The van der Waals surface area contributed by atoms with Gasteiger partial charge in [0.25, 0.3) is 5.91 Å². The molecule has 3 rings (SSSR count). The molecule has 0 aliphatic carbocycles. The number of rotatable bonds is 9. The highest BCUT2D eigenvalue weighted by Crippen LogP contribution is 2.36. The largest absolute Gasteiger partial charge is 0.508 e. The summed E-state index contributed by atoms with van der Waals surface area (Å²) in [6.45, 7) is 0.343. The van der Waals surface area contributed by atoms with Crippen LogP contribution in [-0.2, 0) is 9.59 Å². The minimum absolute atomic E-state index is 0.0141. The Hall–Kier alpha value is -3.44. The van der Waals surface area contributed by atoms with E-state index >= 15 is 0 Å². The maximum atomic E-state index is 12.6. The van der Waals surface area contributed by atoms with Crippen molar-refractivity contribution in [1.29, 1.82) is 0 Å². The zero-order valence-electron chi connectivity index (χ0n) is 18.4. The van der Waals surface area contributed by atoms with Crippen molar-refractivity contribution in [1.82, 2.24) is 16.0 Å². The van der Waals surface area contributed by atoms with Crippen molar-refractivity contribution in [3.8, 4) is 11.5 Å². The number of phenolic OH excluding ortho intramolecular Hbond substituents is 2. The number of aliphatic carboxylic acids is 1. The Balaban J connectivity index is 1.66. The summed E-state index contributed by atoms with van der Waals surface area (Å²) in [5, 5.41) is 40.7. The molecule has 0 spiro atoms. The first-order valence-corrected chi connectivity index (χ1v) is 11.8. The second kappa shape index (κ2) is 11.8. The number of allylic oxidation sites excluding steroid dienone is 1. The van der Waals surface area contributed by atoms with Crippen LogP contribution >= 0.6 is 27.5 Å². The van der Waals surface area contributed by atoms with Crippen molar-refractivity contribution in [2.45, 2.75) is 25.3 Å². The van der Waals surface area contributed by atoms with Gasteiger partial charge in [0.05, 0.1) is 29.9 Å². The Labute approximate surface area is 214 Å². The van der Waals surface area contributed by atoms with E-state index in [4.69, 9.17) is 11.6 Å². The van der Waals surface area contributed by atoms with Crippen LogP contribution in [0, 0.1) is 0 Å². The van der Waals surface area contributed by atoms with Crippen molar-refractivity contribution in [2.75, 3.05) is 18.4 Å². The van der Waals surface area contributed by atoms with Gasteiger partial charge >= 0.3 is 5.97 Å².